The first-order chi connectivity index (χ1) is 14.5. The third-order valence-electron chi connectivity index (χ3n) is 4.73. The zero-order chi connectivity index (χ0) is 21.5. The lowest BCUT2D eigenvalue weighted by Gasteiger charge is -2.14. The smallest absolute Gasteiger partial charge is 0.251 e. The predicted octanol–water partition coefficient (Wildman–Crippen LogP) is 3.02. The van der Waals surface area contributed by atoms with E-state index in [-0.39, 0.29) is 30.2 Å². The number of amides is 2. The molecule has 0 aliphatic rings. The van der Waals surface area contributed by atoms with E-state index in [0.29, 0.717) is 16.5 Å². The second-order valence-electron chi connectivity index (χ2n) is 6.94. The molecule has 1 heterocycles. The molecule has 0 saturated carbocycles. The van der Waals surface area contributed by atoms with Crippen LogP contribution >= 0.6 is 11.8 Å². The highest BCUT2D eigenvalue weighted by Crippen LogP contribution is 2.17. The van der Waals surface area contributed by atoms with Crippen LogP contribution in [0.2, 0.25) is 0 Å². The van der Waals surface area contributed by atoms with Crippen LogP contribution in [0.15, 0.2) is 59.8 Å². The molecule has 0 saturated heterocycles. The Labute approximate surface area is 180 Å². The number of rotatable bonds is 8. The highest BCUT2D eigenvalue weighted by atomic mass is 32.2. The quantitative estimate of drug-likeness (QED) is 0.544. The first-order valence-corrected chi connectivity index (χ1v) is 10.6. The molecule has 30 heavy (non-hydrogen) atoms. The van der Waals surface area contributed by atoms with Gasteiger partial charge in [0.25, 0.3) is 5.91 Å². The number of hydrogen-bond donors (Lipinski definition) is 2. The molecule has 2 aromatic carbocycles. The molecular formula is C22H25N5O2S. The van der Waals surface area contributed by atoms with Crippen LogP contribution in [0.5, 0.6) is 0 Å². The maximum absolute atomic E-state index is 12.4. The molecule has 0 radical (unpaired) electrons. The largest absolute Gasteiger partial charge is 0.349 e. The number of nitrogens with zero attached hydrogens (tertiary/aromatic N) is 3. The molecule has 3 rings (SSSR count). The molecule has 1 atom stereocenters. The summed E-state index contributed by atoms with van der Waals surface area (Å²) < 4.78 is 1.79. The first-order valence-electron chi connectivity index (χ1n) is 9.65. The van der Waals surface area contributed by atoms with Crippen LogP contribution in [0.4, 0.5) is 0 Å². The average molecular weight is 424 g/mol. The van der Waals surface area contributed by atoms with Crippen molar-refractivity contribution in [3.63, 3.8) is 0 Å². The van der Waals surface area contributed by atoms with Gasteiger partial charge in [-0.25, -0.2) is 0 Å². The van der Waals surface area contributed by atoms with E-state index >= 15 is 0 Å². The van der Waals surface area contributed by atoms with E-state index in [2.05, 4.69) is 20.8 Å². The second-order valence-corrected chi connectivity index (χ2v) is 7.89. The molecule has 7 nitrogen and oxygen atoms in total. The molecule has 1 aromatic heterocycles. The minimum atomic E-state index is -0.153. The SMILES string of the molecule is Cc1ccccc1C(=O)NCc1nnc(SCC(=O)N[C@H](C)c2ccccc2)n1C. The molecule has 8 heteroatoms. The van der Waals surface area contributed by atoms with Crippen molar-refractivity contribution in [1.29, 1.82) is 0 Å². The van der Waals surface area contributed by atoms with Gasteiger partial charge in [-0.3, -0.25) is 9.59 Å². The average Bonchev–Trinajstić information content (AvgIpc) is 3.11. The number of aromatic nitrogens is 3. The Bertz CT molecular complexity index is 1020. The summed E-state index contributed by atoms with van der Waals surface area (Å²) in [7, 11) is 1.82. The van der Waals surface area contributed by atoms with Gasteiger partial charge < -0.3 is 15.2 Å². The second kappa shape index (κ2) is 10.1. The van der Waals surface area contributed by atoms with Gasteiger partial charge in [0.1, 0.15) is 0 Å². The summed E-state index contributed by atoms with van der Waals surface area (Å²) in [5.41, 5.74) is 2.61. The van der Waals surface area contributed by atoms with Crippen LogP contribution in [0.1, 0.15) is 40.3 Å². The van der Waals surface area contributed by atoms with Gasteiger partial charge in [-0.2, -0.15) is 0 Å². The van der Waals surface area contributed by atoms with Crippen molar-refractivity contribution in [3.8, 4) is 0 Å². The summed E-state index contributed by atoms with van der Waals surface area (Å²) >= 11 is 1.31. The molecule has 0 aliphatic carbocycles. The van der Waals surface area contributed by atoms with Crippen LogP contribution in [0.3, 0.4) is 0 Å². The van der Waals surface area contributed by atoms with Crippen molar-refractivity contribution >= 4 is 23.6 Å². The van der Waals surface area contributed by atoms with Crippen molar-refractivity contribution in [1.82, 2.24) is 25.4 Å². The summed E-state index contributed by atoms with van der Waals surface area (Å²) in [5.74, 6) is 0.629. The maximum Gasteiger partial charge on any atom is 0.251 e. The third-order valence-corrected chi connectivity index (χ3v) is 5.75. The van der Waals surface area contributed by atoms with Crippen LogP contribution in [-0.2, 0) is 18.4 Å². The fourth-order valence-corrected chi connectivity index (χ4v) is 3.69. The van der Waals surface area contributed by atoms with E-state index in [1.807, 2.05) is 69.4 Å². The van der Waals surface area contributed by atoms with Crippen LogP contribution < -0.4 is 10.6 Å². The lowest BCUT2D eigenvalue weighted by molar-refractivity contribution is -0.119. The van der Waals surface area contributed by atoms with E-state index in [9.17, 15) is 9.59 Å². The van der Waals surface area contributed by atoms with E-state index in [1.165, 1.54) is 11.8 Å². The fourth-order valence-electron chi connectivity index (χ4n) is 2.95. The Morgan fingerprint density at radius 3 is 2.50 bits per heavy atom. The summed E-state index contributed by atoms with van der Waals surface area (Å²) in [6.45, 7) is 4.11. The molecular weight excluding hydrogens is 398 g/mol. The lowest BCUT2D eigenvalue weighted by Crippen LogP contribution is -2.28. The van der Waals surface area contributed by atoms with E-state index in [0.717, 1.165) is 11.1 Å². The Morgan fingerprint density at radius 2 is 1.77 bits per heavy atom. The topological polar surface area (TPSA) is 88.9 Å². The van der Waals surface area contributed by atoms with Gasteiger partial charge in [-0.1, -0.05) is 60.3 Å². The molecule has 0 spiro atoms. The van der Waals surface area contributed by atoms with Crippen LogP contribution in [-0.4, -0.2) is 32.3 Å². The molecule has 2 N–H and O–H groups in total. The number of aryl methyl sites for hydroxylation is 1. The first kappa shape index (κ1) is 21.6. The number of thioether (sulfide) groups is 1. The molecule has 3 aromatic rings. The highest BCUT2D eigenvalue weighted by molar-refractivity contribution is 7.99. The van der Waals surface area contributed by atoms with Crippen molar-refractivity contribution in [2.75, 3.05) is 5.75 Å². The number of hydrogen-bond acceptors (Lipinski definition) is 5. The normalized spacial score (nSPS) is 11.7. The Balaban J connectivity index is 1.51. The van der Waals surface area contributed by atoms with Crippen molar-refractivity contribution in [3.05, 3.63) is 77.1 Å². The van der Waals surface area contributed by atoms with Crippen molar-refractivity contribution in [2.45, 2.75) is 31.6 Å². The van der Waals surface area contributed by atoms with Gasteiger partial charge in [-0.15, -0.1) is 10.2 Å². The molecule has 2 amide bonds. The zero-order valence-corrected chi connectivity index (χ0v) is 18.1. The van der Waals surface area contributed by atoms with Crippen molar-refractivity contribution in [2.24, 2.45) is 7.05 Å². The van der Waals surface area contributed by atoms with Crippen molar-refractivity contribution < 1.29 is 9.59 Å². The van der Waals surface area contributed by atoms with E-state index in [1.54, 1.807) is 10.6 Å². The maximum atomic E-state index is 12.4. The van der Waals surface area contributed by atoms with E-state index < -0.39 is 0 Å². The fraction of sp³-hybridized carbons (Fsp3) is 0.273. The zero-order valence-electron chi connectivity index (χ0n) is 17.3. The van der Waals surface area contributed by atoms with Gasteiger partial charge in [0.2, 0.25) is 5.91 Å². The number of carbonyl (C=O) groups excluding carboxylic acids is 2. The Kier molecular flexibility index (Phi) is 7.24. The van der Waals surface area contributed by atoms with Gasteiger partial charge in [0.05, 0.1) is 18.3 Å². The Morgan fingerprint density at radius 1 is 1.07 bits per heavy atom. The Hall–Kier alpha value is -3.13. The van der Waals surface area contributed by atoms with Crippen LogP contribution in [0.25, 0.3) is 0 Å². The van der Waals surface area contributed by atoms with Gasteiger partial charge in [0, 0.05) is 12.6 Å². The molecule has 0 aliphatic heterocycles. The standard InChI is InChI=1S/C22H25N5O2S/c1-15-9-7-8-12-18(15)21(29)23-13-19-25-26-22(27(19)3)30-14-20(28)24-16(2)17-10-5-4-6-11-17/h4-12,16H,13-14H2,1-3H3,(H,23,29)(H,24,28)/t16-/m1/s1. The lowest BCUT2D eigenvalue weighted by atomic mass is 10.1. The minimum Gasteiger partial charge on any atom is -0.349 e. The van der Waals surface area contributed by atoms with Crippen LogP contribution in [0, 0.1) is 6.92 Å². The third kappa shape index (κ3) is 5.48. The predicted molar refractivity (Wildman–Crippen MR) is 117 cm³/mol. The summed E-state index contributed by atoms with van der Waals surface area (Å²) in [6, 6.07) is 17.2. The molecule has 0 fully saturated rings. The summed E-state index contributed by atoms with van der Waals surface area (Å²) in [5, 5.41) is 14.7. The minimum absolute atomic E-state index is 0.0639. The highest BCUT2D eigenvalue weighted by Gasteiger charge is 2.15. The monoisotopic (exact) mass is 423 g/mol. The molecule has 156 valence electrons. The summed E-state index contributed by atoms with van der Waals surface area (Å²) in [6.07, 6.45) is 0. The van der Waals surface area contributed by atoms with Gasteiger partial charge in [-0.05, 0) is 31.0 Å². The van der Waals surface area contributed by atoms with E-state index in [4.69, 9.17) is 0 Å². The molecule has 0 unspecified atom stereocenters. The van der Waals surface area contributed by atoms with Gasteiger partial charge in [0.15, 0.2) is 11.0 Å². The summed E-state index contributed by atoms with van der Waals surface area (Å²) in [4.78, 5) is 24.6. The molecule has 0 bridgehead atoms. The number of benzene rings is 2. The number of nitrogens with one attached hydrogen (secondary N) is 2. The number of carbonyl (C=O) groups is 2. The van der Waals surface area contributed by atoms with Gasteiger partial charge >= 0.3 is 0 Å².